The monoisotopic (exact) mass is 569 g/mol. The Morgan fingerprint density at radius 3 is 2.25 bits per heavy atom. The van der Waals surface area contributed by atoms with Crippen molar-refractivity contribution in [1.82, 2.24) is 5.32 Å². The van der Waals surface area contributed by atoms with Crippen LogP contribution in [0.3, 0.4) is 0 Å². The van der Waals surface area contributed by atoms with Crippen molar-refractivity contribution in [1.29, 1.82) is 0 Å². The summed E-state index contributed by atoms with van der Waals surface area (Å²) in [4.78, 5) is 24.9. The van der Waals surface area contributed by atoms with Gasteiger partial charge in [0, 0.05) is 15.3 Å². The number of carbonyl (C=O) groups excluding carboxylic acids is 2. The molecule has 0 aromatic heterocycles. The maximum Gasteiger partial charge on any atom is 0.408 e. The van der Waals surface area contributed by atoms with E-state index in [1.54, 1.807) is 41.5 Å². The Kier molecular flexibility index (Phi) is 9.52. The number of halogens is 2. The molecule has 0 saturated carbocycles. The second-order valence-electron chi connectivity index (χ2n) is 8.23. The summed E-state index contributed by atoms with van der Waals surface area (Å²) in [6, 6.07) is 4.78. The molecule has 0 bridgehead atoms. The lowest BCUT2D eigenvalue weighted by Gasteiger charge is -2.26. The third kappa shape index (κ3) is 9.95. The highest BCUT2D eigenvalue weighted by molar-refractivity contribution is 14.1. The van der Waals surface area contributed by atoms with E-state index in [-0.39, 0.29) is 6.42 Å². The van der Waals surface area contributed by atoms with Gasteiger partial charge in [-0.25, -0.2) is 9.59 Å². The number of amides is 1. The van der Waals surface area contributed by atoms with Crippen molar-refractivity contribution in [2.75, 3.05) is 11.9 Å². The molecule has 28 heavy (non-hydrogen) atoms. The Hall–Kier alpha value is -1.03. The van der Waals surface area contributed by atoms with E-state index in [2.05, 4.69) is 43.8 Å². The number of carbonyl (C=O) groups is 2. The second kappa shape index (κ2) is 10.7. The number of esters is 1. The molecule has 0 aliphatic heterocycles. The normalized spacial score (nSPS) is 12.9. The summed E-state index contributed by atoms with van der Waals surface area (Å²) in [5.41, 5.74) is -0.459. The third-order valence-corrected chi connectivity index (χ3v) is 4.55. The van der Waals surface area contributed by atoms with Crippen molar-refractivity contribution >= 4 is 50.6 Å². The topological polar surface area (TPSA) is 73.9 Å². The molecule has 1 aromatic carbocycles. The first-order chi connectivity index (χ1) is 12.8. The van der Waals surface area contributed by atoms with Crippen LogP contribution in [0.2, 0.25) is 0 Å². The largest absolute Gasteiger partial charge is 0.493 e. The van der Waals surface area contributed by atoms with Gasteiger partial charge in [0.2, 0.25) is 0 Å². The van der Waals surface area contributed by atoms with Crippen LogP contribution in [0.1, 0.15) is 47.1 Å². The molecular weight excluding hydrogens is 541 g/mol. The van der Waals surface area contributed by atoms with Gasteiger partial charge >= 0.3 is 12.1 Å². The number of alkyl carbamates (subject to hydrolysis) is 1. The van der Waals surface area contributed by atoms with Gasteiger partial charge in [-0.05, 0) is 87.9 Å². The number of alkyl halides is 1. The third-order valence-electron chi connectivity index (χ3n) is 3.17. The molecule has 0 spiro atoms. The fraction of sp³-hybridized carbons (Fsp3) is 0.600. The van der Waals surface area contributed by atoms with E-state index in [9.17, 15) is 9.59 Å². The highest BCUT2D eigenvalue weighted by Crippen LogP contribution is 2.22. The summed E-state index contributed by atoms with van der Waals surface area (Å²) < 4.78 is 17.4. The molecule has 0 aliphatic carbocycles. The number of hydrogen-bond acceptors (Lipinski definition) is 5. The van der Waals surface area contributed by atoms with Gasteiger partial charge in [0.05, 0.1) is 6.61 Å². The molecule has 6 nitrogen and oxygen atoms in total. The minimum Gasteiger partial charge on any atom is -0.493 e. The molecule has 1 rings (SSSR count). The zero-order chi connectivity index (χ0) is 21.5. The number of rotatable bonds is 7. The smallest absolute Gasteiger partial charge is 0.408 e. The van der Waals surface area contributed by atoms with Crippen molar-refractivity contribution < 1.29 is 23.8 Å². The predicted molar refractivity (Wildman–Crippen MR) is 121 cm³/mol. The van der Waals surface area contributed by atoms with Crippen molar-refractivity contribution in [3.63, 3.8) is 0 Å². The first-order valence-corrected chi connectivity index (χ1v) is 11.2. The Morgan fingerprint density at radius 2 is 1.71 bits per heavy atom. The van der Waals surface area contributed by atoms with Crippen LogP contribution in [0.4, 0.5) is 4.79 Å². The van der Waals surface area contributed by atoms with Crippen LogP contribution in [-0.2, 0) is 20.7 Å². The lowest BCUT2D eigenvalue weighted by Crippen LogP contribution is -2.47. The van der Waals surface area contributed by atoms with Gasteiger partial charge in [-0.1, -0.05) is 15.9 Å². The van der Waals surface area contributed by atoms with Gasteiger partial charge in [-0.3, -0.25) is 0 Å². The number of ether oxygens (including phenoxy) is 3. The molecule has 1 atom stereocenters. The van der Waals surface area contributed by atoms with Gasteiger partial charge in [0.15, 0.2) is 0 Å². The molecular formula is C20H29BrINO5. The first-order valence-electron chi connectivity index (χ1n) is 9.00. The van der Waals surface area contributed by atoms with E-state index < -0.39 is 29.3 Å². The standard InChI is InChI=1S/C20H29BrINO5/c1-19(2,3)27-17(24)16(23-18(25)28-20(4,5)6)12-13-11-14(26-10-9-21)7-8-15(13)22/h7-8,11,16H,9-10,12H2,1-6H3,(H,23,25). The molecule has 8 heteroatoms. The summed E-state index contributed by atoms with van der Waals surface area (Å²) in [7, 11) is 0. The molecule has 0 saturated heterocycles. The Labute approximate surface area is 189 Å². The van der Waals surface area contributed by atoms with Crippen LogP contribution >= 0.6 is 38.5 Å². The summed E-state index contributed by atoms with van der Waals surface area (Å²) in [6.45, 7) is 11.2. The average molecular weight is 570 g/mol. The highest BCUT2D eigenvalue weighted by Gasteiger charge is 2.29. The van der Waals surface area contributed by atoms with Crippen LogP contribution in [0, 0.1) is 3.57 Å². The predicted octanol–water partition coefficient (Wildman–Crippen LogP) is 4.84. The molecule has 0 heterocycles. The SMILES string of the molecule is CC(C)(C)OC(=O)NC(Cc1cc(OCCBr)ccc1I)C(=O)OC(C)(C)C. The highest BCUT2D eigenvalue weighted by atomic mass is 127. The Morgan fingerprint density at radius 1 is 1.11 bits per heavy atom. The zero-order valence-corrected chi connectivity index (χ0v) is 21.0. The summed E-state index contributed by atoms with van der Waals surface area (Å²) in [5, 5.41) is 3.36. The quantitative estimate of drug-likeness (QED) is 0.289. The molecule has 0 radical (unpaired) electrons. The Balaban J connectivity index is 3.04. The fourth-order valence-corrected chi connectivity index (χ4v) is 2.91. The van der Waals surface area contributed by atoms with Crippen LogP contribution in [0.5, 0.6) is 5.75 Å². The van der Waals surface area contributed by atoms with Crippen molar-refractivity contribution in [2.45, 2.75) is 65.2 Å². The summed E-state index contributed by atoms with van der Waals surface area (Å²) in [6.07, 6.45) is -0.400. The van der Waals surface area contributed by atoms with E-state index >= 15 is 0 Å². The van der Waals surface area contributed by atoms with Crippen LogP contribution in [0.25, 0.3) is 0 Å². The van der Waals surface area contributed by atoms with E-state index in [4.69, 9.17) is 14.2 Å². The average Bonchev–Trinajstić information content (AvgIpc) is 2.51. The molecule has 0 aliphatic rings. The molecule has 1 aromatic rings. The fourth-order valence-electron chi connectivity index (χ4n) is 2.19. The lowest BCUT2D eigenvalue weighted by molar-refractivity contribution is -0.157. The summed E-state index contributed by atoms with van der Waals surface area (Å²) in [5.74, 6) is 0.191. The number of hydrogen-bond donors (Lipinski definition) is 1. The minimum absolute atomic E-state index is 0.262. The van der Waals surface area contributed by atoms with E-state index in [0.717, 1.165) is 14.5 Å². The van der Waals surface area contributed by atoms with Gasteiger partial charge in [0.1, 0.15) is 23.0 Å². The van der Waals surface area contributed by atoms with E-state index in [1.807, 2.05) is 18.2 Å². The molecule has 1 unspecified atom stereocenters. The van der Waals surface area contributed by atoms with Gasteiger partial charge in [0.25, 0.3) is 0 Å². The van der Waals surface area contributed by atoms with Crippen LogP contribution in [-0.4, -0.2) is 41.2 Å². The van der Waals surface area contributed by atoms with Gasteiger partial charge in [-0.15, -0.1) is 0 Å². The molecule has 158 valence electrons. The zero-order valence-electron chi connectivity index (χ0n) is 17.2. The second-order valence-corrected chi connectivity index (χ2v) is 10.2. The molecule has 1 N–H and O–H groups in total. The van der Waals surface area contributed by atoms with Gasteiger partial charge < -0.3 is 19.5 Å². The number of nitrogens with one attached hydrogen (secondary N) is 1. The minimum atomic E-state index is -0.881. The van der Waals surface area contributed by atoms with Gasteiger partial charge in [-0.2, -0.15) is 0 Å². The van der Waals surface area contributed by atoms with Crippen molar-refractivity contribution in [2.24, 2.45) is 0 Å². The van der Waals surface area contributed by atoms with E-state index in [1.165, 1.54) is 0 Å². The maximum absolute atomic E-state index is 12.7. The van der Waals surface area contributed by atoms with Crippen LogP contribution < -0.4 is 10.1 Å². The van der Waals surface area contributed by atoms with Crippen molar-refractivity contribution in [3.8, 4) is 5.75 Å². The lowest BCUT2D eigenvalue weighted by atomic mass is 10.1. The summed E-state index contributed by atoms with van der Waals surface area (Å²) >= 11 is 5.52. The number of benzene rings is 1. The van der Waals surface area contributed by atoms with Crippen molar-refractivity contribution in [3.05, 3.63) is 27.3 Å². The molecule has 1 amide bonds. The maximum atomic E-state index is 12.7. The Bertz CT molecular complexity index is 682. The van der Waals surface area contributed by atoms with E-state index in [0.29, 0.717) is 12.4 Å². The molecule has 0 fully saturated rings. The first kappa shape index (κ1) is 25.0. The van der Waals surface area contributed by atoms with Crippen LogP contribution in [0.15, 0.2) is 18.2 Å².